The minimum Gasteiger partial charge on any atom is -0.491 e. The van der Waals surface area contributed by atoms with E-state index in [1.807, 2.05) is 25.1 Å². The average molecular weight is 396 g/mol. The fourth-order valence-electron chi connectivity index (χ4n) is 4.08. The van der Waals surface area contributed by atoms with Crippen molar-refractivity contribution in [2.24, 2.45) is 4.99 Å². The van der Waals surface area contributed by atoms with Gasteiger partial charge < -0.3 is 14.6 Å². The highest BCUT2D eigenvalue weighted by molar-refractivity contribution is 5.76. The number of imidazole rings is 1. The van der Waals surface area contributed by atoms with Crippen LogP contribution in [-0.2, 0) is 11.3 Å². The zero-order valence-electron chi connectivity index (χ0n) is 16.9. The highest BCUT2D eigenvalue weighted by atomic mass is 16.5. The van der Waals surface area contributed by atoms with Crippen molar-refractivity contribution < 1.29 is 9.53 Å². The second kappa shape index (κ2) is 8.27. The average Bonchev–Trinajstić information content (AvgIpc) is 2.99. The van der Waals surface area contributed by atoms with E-state index in [1.54, 1.807) is 4.57 Å². The molecular formula is C22H28N4O3. The number of carbonyl (C=O) groups is 1. The Morgan fingerprint density at radius 2 is 2.17 bits per heavy atom. The molecule has 29 heavy (non-hydrogen) atoms. The Balaban J connectivity index is 1.33. The van der Waals surface area contributed by atoms with Gasteiger partial charge in [-0.15, -0.1) is 0 Å². The number of aromatic amines is 1. The molecule has 2 heterocycles. The highest BCUT2D eigenvalue weighted by Gasteiger charge is 2.17. The molecule has 7 heteroatoms. The first-order valence-electron chi connectivity index (χ1n) is 10.4. The van der Waals surface area contributed by atoms with Crippen LogP contribution < -0.4 is 26.6 Å². The number of hydrogen-bond acceptors (Lipinski definition) is 4. The number of rotatable bonds is 6. The van der Waals surface area contributed by atoms with Gasteiger partial charge in [0, 0.05) is 18.0 Å². The van der Waals surface area contributed by atoms with Crippen molar-refractivity contribution in [3.8, 4) is 5.75 Å². The van der Waals surface area contributed by atoms with Gasteiger partial charge in [0.05, 0.1) is 18.3 Å². The Bertz CT molecular complexity index is 1060. The third-order valence-corrected chi connectivity index (χ3v) is 5.76. The molecule has 0 radical (unpaired) electrons. The monoisotopic (exact) mass is 396 g/mol. The molecule has 1 aromatic heterocycles. The lowest BCUT2D eigenvalue weighted by molar-refractivity contribution is -0.122. The van der Waals surface area contributed by atoms with E-state index >= 15 is 0 Å². The van der Waals surface area contributed by atoms with Crippen molar-refractivity contribution >= 4 is 18.2 Å². The smallest absolute Gasteiger partial charge is 0.274 e. The lowest BCUT2D eigenvalue weighted by atomic mass is 9.95. The van der Waals surface area contributed by atoms with Crippen LogP contribution in [0.5, 0.6) is 5.75 Å². The fraction of sp³-hybridized carbons (Fsp3) is 0.500. The molecule has 1 aliphatic carbocycles. The number of hydrogen-bond donors (Lipinski definition) is 2. The van der Waals surface area contributed by atoms with Crippen LogP contribution in [0, 0.1) is 0 Å². The van der Waals surface area contributed by atoms with Gasteiger partial charge in [0.15, 0.2) is 0 Å². The van der Waals surface area contributed by atoms with E-state index in [1.165, 1.54) is 19.3 Å². The summed E-state index contributed by atoms with van der Waals surface area (Å²) in [5, 5.41) is 3.55. The van der Waals surface area contributed by atoms with E-state index in [9.17, 15) is 9.59 Å². The predicted octanol–water partition coefficient (Wildman–Crippen LogP) is 1.90. The van der Waals surface area contributed by atoms with Crippen LogP contribution in [0.3, 0.4) is 0 Å². The summed E-state index contributed by atoms with van der Waals surface area (Å²) in [6.07, 6.45) is 6.97. The fourth-order valence-corrected chi connectivity index (χ4v) is 4.08. The largest absolute Gasteiger partial charge is 0.491 e. The Morgan fingerprint density at radius 1 is 1.38 bits per heavy atom. The predicted molar refractivity (Wildman–Crippen MR) is 111 cm³/mol. The number of fused-ring (bicyclic) bond motifs is 2. The molecule has 2 aliphatic rings. The molecule has 0 spiro atoms. The van der Waals surface area contributed by atoms with Gasteiger partial charge in [-0.1, -0.05) is 25.8 Å². The molecule has 1 aromatic carbocycles. The molecule has 2 N–H and O–H groups in total. The first kappa shape index (κ1) is 19.5. The van der Waals surface area contributed by atoms with Crippen LogP contribution in [0.2, 0.25) is 0 Å². The van der Waals surface area contributed by atoms with Crippen LogP contribution in [0.4, 0.5) is 5.69 Å². The van der Waals surface area contributed by atoms with E-state index in [0.29, 0.717) is 36.4 Å². The highest BCUT2D eigenvalue weighted by Crippen LogP contribution is 2.27. The molecule has 1 unspecified atom stereocenters. The SMILES string of the molecule is C=c1c(=O)[nH]c2n1Cc1cc(OC(C)CCC(=O)NC3CCCCC3)ccc1N=2. The third-order valence-electron chi connectivity index (χ3n) is 5.76. The van der Waals surface area contributed by atoms with Crippen molar-refractivity contribution in [3.05, 3.63) is 45.1 Å². The van der Waals surface area contributed by atoms with Gasteiger partial charge in [-0.25, -0.2) is 4.99 Å². The molecule has 1 amide bonds. The summed E-state index contributed by atoms with van der Waals surface area (Å²) in [6.45, 7) is 6.32. The molecular weight excluding hydrogens is 368 g/mol. The van der Waals surface area contributed by atoms with Crippen LogP contribution >= 0.6 is 0 Å². The maximum atomic E-state index is 12.2. The molecule has 1 saturated carbocycles. The van der Waals surface area contributed by atoms with Gasteiger partial charge >= 0.3 is 0 Å². The summed E-state index contributed by atoms with van der Waals surface area (Å²) in [6, 6.07) is 6.07. The molecule has 2 aromatic rings. The Kier molecular flexibility index (Phi) is 5.56. The maximum Gasteiger partial charge on any atom is 0.274 e. The number of benzene rings is 1. The number of nitrogens with zero attached hydrogens (tertiary/aromatic N) is 2. The van der Waals surface area contributed by atoms with Crippen molar-refractivity contribution in [3.63, 3.8) is 0 Å². The molecule has 7 nitrogen and oxygen atoms in total. The molecule has 154 valence electrons. The standard InChI is InChI=1S/C22H28N4O3/c1-14(8-11-20(27)23-17-6-4-3-5-7-17)29-18-9-10-19-16(12-18)13-26-15(2)21(28)25-22(26)24-19/h9-10,12,14,17H,2-8,11,13H2,1H3,(H,23,27)(H,24,25,28). The summed E-state index contributed by atoms with van der Waals surface area (Å²) in [5.74, 6) is 0.857. The molecule has 0 saturated heterocycles. The second-order valence-corrected chi connectivity index (χ2v) is 8.08. The van der Waals surface area contributed by atoms with Crippen molar-refractivity contribution in [1.29, 1.82) is 0 Å². The zero-order valence-corrected chi connectivity index (χ0v) is 16.9. The minimum absolute atomic E-state index is 0.0715. The first-order valence-corrected chi connectivity index (χ1v) is 10.4. The molecule has 1 aliphatic heterocycles. The van der Waals surface area contributed by atoms with E-state index < -0.39 is 0 Å². The van der Waals surface area contributed by atoms with E-state index in [-0.39, 0.29) is 17.6 Å². The lowest BCUT2D eigenvalue weighted by Gasteiger charge is -2.23. The Labute approximate surface area is 169 Å². The second-order valence-electron chi connectivity index (χ2n) is 8.08. The quantitative estimate of drug-likeness (QED) is 0.667. The lowest BCUT2D eigenvalue weighted by Crippen LogP contribution is -2.36. The number of nitrogens with one attached hydrogen (secondary N) is 2. The van der Waals surface area contributed by atoms with Crippen molar-refractivity contribution in [2.75, 3.05) is 0 Å². The topological polar surface area (TPSA) is 88.5 Å². The van der Waals surface area contributed by atoms with Crippen LogP contribution in [0.15, 0.2) is 28.0 Å². The number of amides is 1. The van der Waals surface area contributed by atoms with E-state index in [4.69, 9.17) is 4.74 Å². The third kappa shape index (κ3) is 4.44. The van der Waals surface area contributed by atoms with Gasteiger partial charge in [-0.05, 0) is 44.4 Å². The first-order chi connectivity index (χ1) is 14.0. The molecule has 1 atom stereocenters. The van der Waals surface area contributed by atoms with E-state index in [2.05, 4.69) is 21.9 Å². The van der Waals surface area contributed by atoms with Gasteiger partial charge in [0.25, 0.3) is 5.56 Å². The number of carbonyl (C=O) groups excluding carboxylic acids is 1. The number of ether oxygens (including phenoxy) is 1. The summed E-state index contributed by atoms with van der Waals surface area (Å²) >= 11 is 0. The van der Waals surface area contributed by atoms with Gasteiger partial charge in [-0.2, -0.15) is 0 Å². The van der Waals surface area contributed by atoms with Crippen LogP contribution in [0.25, 0.3) is 6.58 Å². The summed E-state index contributed by atoms with van der Waals surface area (Å²) < 4.78 is 7.80. The van der Waals surface area contributed by atoms with Crippen molar-refractivity contribution in [1.82, 2.24) is 14.9 Å². The van der Waals surface area contributed by atoms with Gasteiger partial charge in [0.2, 0.25) is 11.5 Å². The minimum atomic E-state index is -0.215. The summed E-state index contributed by atoms with van der Waals surface area (Å²) in [4.78, 5) is 31.2. The molecule has 0 bridgehead atoms. The molecule has 4 rings (SSSR count). The Morgan fingerprint density at radius 3 is 2.97 bits per heavy atom. The van der Waals surface area contributed by atoms with Gasteiger partial charge in [-0.3, -0.25) is 14.6 Å². The van der Waals surface area contributed by atoms with Crippen molar-refractivity contribution in [2.45, 2.75) is 70.6 Å². The normalized spacial score (nSPS) is 17.0. The van der Waals surface area contributed by atoms with Gasteiger partial charge in [0.1, 0.15) is 11.1 Å². The number of aromatic nitrogens is 2. The Hall–Kier alpha value is -2.83. The summed E-state index contributed by atoms with van der Waals surface area (Å²) in [7, 11) is 0. The molecule has 1 fully saturated rings. The van der Waals surface area contributed by atoms with E-state index in [0.717, 1.165) is 29.8 Å². The number of H-pyrrole nitrogens is 1. The summed E-state index contributed by atoms with van der Waals surface area (Å²) in [5.41, 5.74) is 2.11. The maximum absolute atomic E-state index is 12.2. The zero-order chi connectivity index (χ0) is 20.4. The van der Waals surface area contributed by atoms with Crippen LogP contribution in [-0.4, -0.2) is 27.6 Å². The van der Waals surface area contributed by atoms with Crippen LogP contribution in [0.1, 0.15) is 57.4 Å².